The minimum Gasteiger partial charge on any atom is -0.508 e. The van der Waals surface area contributed by atoms with Crippen LogP contribution in [0.2, 0.25) is 0 Å². The van der Waals surface area contributed by atoms with Gasteiger partial charge in [-0.1, -0.05) is 12.1 Å². The van der Waals surface area contributed by atoms with E-state index in [1.54, 1.807) is 19.2 Å². The smallest absolute Gasteiger partial charge is 0.311 e. The predicted octanol–water partition coefficient (Wildman–Crippen LogP) is 2.58. The van der Waals surface area contributed by atoms with Crippen molar-refractivity contribution < 1.29 is 19.6 Å². The first-order valence-electron chi connectivity index (χ1n) is 6.78. The van der Waals surface area contributed by atoms with Crippen LogP contribution in [0.5, 0.6) is 11.5 Å². The molecule has 0 saturated carbocycles. The van der Waals surface area contributed by atoms with Crippen LogP contribution in [0.1, 0.15) is 15.9 Å². The van der Waals surface area contributed by atoms with E-state index in [0.717, 1.165) is 5.56 Å². The number of hydrogen-bond acceptors (Lipinski definition) is 5. The first-order valence-corrected chi connectivity index (χ1v) is 6.78. The third-order valence-electron chi connectivity index (χ3n) is 3.33. The van der Waals surface area contributed by atoms with E-state index < -0.39 is 4.92 Å². The molecule has 0 aliphatic rings. The molecule has 0 heterocycles. The van der Waals surface area contributed by atoms with Gasteiger partial charge < -0.3 is 14.7 Å². The van der Waals surface area contributed by atoms with Crippen LogP contribution >= 0.6 is 0 Å². The van der Waals surface area contributed by atoms with Crippen molar-refractivity contribution in [2.45, 2.75) is 6.54 Å². The predicted molar refractivity (Wildman–Crippen MR) is 83.6 cm³/mol. The molecule has 0 spiro atoms. The fourth-order valence-electron chi connectivity index (χ4n) is 2.13. The minimum absolute atomic E-state index is 0.104. The Balaban J connectivity index is 2.20. The molecular weight excluding hydrogens is 300 g/mol. The number of nitro benzene ring substituents is 1. The molecule has 2 aromatic carbocycles. The summed E-state index contributed by atoms with van der Waals surface area (Å²) < 4.78 is 4.92. The Bertz CT molecular complexity index is 728. The lowest BCUT2D eigenvalue weighted by molar-refractivity contribution is -0.385. The van der Waals surface area contributed by atoms with Crippen LogP contribution in [0.15, 0.2) is 42.5 Å². The van der Waals surface area contributed by atoms with Gasteiger partial charge in [0.25, 0.3) is 5.91 Å². The van der Waals surface area contributed by atoms with Crippen molar-refractivity contribution in [3.8, 4) is 11.5 Å². The summed E-state index contributed by atoms with van der Waals surface area (Å²) in [6.07, 6.45) is 0. The highest BCUT2D eigenvalue weighted by Crippen LogP contribution is 2.28. The monoisotopic (exact) mass is 316 g/mol. The largest absolute Gasteiger partial charge is 0.508 e. The molecular formula is C16H16N2O5. The zero-order valence-corrected chi connectivity index (χ0v) is 12.7. The summed E-state index contributed by atoms with van der Waals surface area (Å²) in [5, 5.41) is 20.3. The van der Waals surface area contributed by atoms with Gasteiger partial charge in [0.2, 0.25) is 0 Å². The lowest BCUT2D eigenvalue weighted by atomic mass is 10.1. The molecule has 0 bridgehead atoms. The van der Waals surface area contributed by atoms with Crippen molar-refractivity contribution in [1.82, 2.24) is 4.90 Å². The number of phenols is 1. The van der Waals surface area contributed by atoms with Gasteiger partial charge in [-0.3, -0.25) is 14.9 Å². The van der Waals surface area contributed by atoms with Gasteiger partial charge in [-0.25, -0.2) is 0 Å². The summed E-state index contributed by atoms with van der Waals surface area (Å²) in [6.45, 7) is 0.318. The highest BCUT2D eigenvalue weighted by Gasteiger charge is 2.20. The van der Waals surface area contributed by atoms with Crippen LogP contribution in [0.3, 0.4) is 0 Å². The molecule has 2 aromatic rings. The van der Waals surface area contributed by atoms with Crippen molar-refractivity contribution >= 4 is 11.6 Å². The third-order valence-corrected chi connectivity index (χ3v) is 3.33. The van der Waals surface area contributed by atoms with Gasteiger partial charge in [-0.05, 0) is 29.8 Å². The number of benzene rings is 2. The number of amides is 1. The molecule has 0 aliphatic carbocycles. The molecule has 7 heteroatoms. The quantitative estimate of drug-likeness (QED) is 0.676. The molecule has 0 atom stereocenters. The Kier molecular flexibility index (Phi) is 4.80. The van der Waals surface area contributed by atoms with Crippen molar-refractivity contribution in [3.05, 3.63) is 63.7 Å². The summed E-state index contributed by atoms with van der Waals surface area (Å²) >= 11 is 0. The number of methoxy groups -OCH3 is 1. The maximum absolute atomic E-state index is 12.4. The van der Waals surface area contributed by atoms with Crippen molar-refractivity contribution in [2.24, 2.45) is 0 Å². The first kappa shape index (κ1) is 16.3. The zero-order valence-electron chi connectivity index (χ0n) is 12.7. The van der Waals surface area contributed by atoms with Gasteiger partial charge in [0.05, 0.1) is 12.0 Å². The molecule has 0 aromatic heterocycles. The number of rotatable bonds is 5. The number of phenolic OH excluding ortho intramolecular Hbond substituents is 1. The molecule has 120 valence electrons. The van der Waals surface area contributed by atoms with Gasteiger partial charge in [-0.2, -0.15) is 0 Å². The van der Waals surface area contributed by atoms with Gasteiger partial charge in [-0.15, -0.1) is 0 Å². The molecule has 0 fully saturated rings. The second-order valence-electron chi connectivity index (χ2n) is 4.97. The average Bonchev–Trinajstić information content (AvgIpc) is 2.55. The van der Waals surface area contributed by atoms with E-state index in [9.17, 15) is 20.0 Å². The Labute approximate surface area is 132 Å². The van der Waals surface area contributed by atoms with Crippen LogP contribution in [-0.4, -0.2) is 35.0 Å². The maximum atomic E-state index is 12.4. The highest BCUT2D eigenvalue weighted by molar-refractivity contribution is 5.95. The summed E-state index contributed by atoms with van der Waals surface area (Å²) in [5.41, 5.74) is 0.789. The number of nitrogens with zero attached hydrogens (tertiary/aromatic N) is 2. The van der Waals surface area contributed by atoms with E-state index in [-0.39, 0.29) is 28.7 Å². The normalized spacial score (nSPS) is 10.2. The fourth-order valence-corrected chi connectivity index (χ4v) is 2.13. The van der Waals surface area contributed by atoms with E-state index in [1.165, 1.54) is 42.3 Å². The van der Waals surface area contributed by atoms with Crippen molar-refractivity contribution in [1.29, 1.82) is 0 Å². The SMILES string of the molecule is COc1ccc(C(=O)N(C)Cc2ccc(O)cc2)cc1[N+](=O)[O-]. The number of ether oxygens (including phenoxy) is 1. The van der Waals surface area contributed by atoms with Gasteiger partial charge >= 0.3 is 5.69 Å². The van der Waals surface area contributed by atoms with Gasteiger partial charge in [0, 0.05) is 25.2 Å². The van der Waals surface area contributed by atoms with E-state index in [1.807, 2.05) is 0 Å². The Hall–Kier alpha value is -3.09. The first-order chi connectivity index (χ1) is 10.9. The van der Waals surface area contributed by atoms with Crippen LogP contribution in [0.25, 0.3) is 0 Å². The van der Waals surface area contributed by atoms with Crippen LogP contribution in [-0.2, 0) is 6.54 Å². The van der Waals surface area contributed by atoms with Crippen molar-refractivity contribution in [3.63, 3.8) is 0 Å². The van der Waals surface area contributed by atoms with Gasteiger partial charge in [0.15, 0.2) is 5.75 Å². The van der Waals surface area contributed by atoms with E-state index in [4.69, 9.17) is 4.74 Å². The zero-order chi connectivity index (χ0) is 17.0. The molecule has 0 saturated heterocycles. The van der Waals surface area contributed by atoms with Crippen LogP contribution in [0.4, 0.5) is 5.69 Å². The maximum Gasteiger partial charge on any atom is 0.311 e. The summed E-state index contributed by atoms with van der Waals surface area (Å²) in [6, 6.07) is 10.6. The number of aromatic hydroxyl groups is 1. The minimum atomic E-state index is -0.588. The molecule has 0 aliphatic heterocycles. The second-order valence-corrected chi connectivity index (χ2v) is 4.97. The standard InChI is InChI=1S/C16H16N2O5/c1-17(10-11-3-6-13(19)7-4-11)16(20)12-5-8-15(23-2)14(9-12)18(21)22/h3-9,19H,10H2,1-2H3. The second kappa shape index (κ2) is 6.78. The third kappa shape index (κ3) is 3.76. The van der Waals surface area contributed by atoms with Crippen molar-refractivity contribution in [2.75, 3.05) is 14.2 Å². The fraction of sp³-hybridized carbons (Fsp3) is 0.188. The Morgan fingerprint density at radius 1 is 1.26 bits per heavy atom. The number of carbonyl (C=O) groups is 1. The molecule has 0 radical (unpaired) electrons. The Morgan fingerprint density at radius 3 is 2.48 bits per heavy atom. The molecule has 1 amide bonds. The summed E-state index contributed by atoms with van der Waals surface area (Å²) in [4.78, 5) is 24.3. The number of nitro groups is 1. The average molecular weight is 316 g/mol. The lowest BCUT2D eigenvalue weighted by Crippen LogP contribution is -2.26. The number of hydrogen-bond donors (Lipinski definition) is 1. The lowest BCUT2D eigenvalue weighted by Gasteiger charge is -2.17. The molecule has 2 rings (SSSR count). The number of carbonyl (C=O) groups excluding carboxylic acids is 1. The topological polar surface area (TPSA) is 92.9 Å². The van der Waals surface area contributed by atoms with Gasteiger partial charge in [0.1, 0.15) is 5.75 Å². The highest BCUT2D eigenvalue weighted by atomic mass is 16.6. The molecule has 23 heavy (non-hydrogen) atoms. The molecule has 7 nitrogen and oxygen atoms in total. The van der Waals surface area contributed by atoms with E-state index >= 15 is 0 Å². The molecule has 1 N–H and O–H groups in total. The van der Waals surface area contributed by atoms with Crippen LogP contribution in [0, 0.1) is 10.1 Å². The molecule has 0 unspecified atom stereocenters. The summed E-state index contributed by atoms with van der Waals surface area (Å²) in [7, 11) is 2.94. The van der Waals surface area contributed by atoms with E-state index in [2.05, 4.69) is 0 Å². The Morgan fingerprint density at radius 2 is 1.91 bits per heavy atom. The van der Waals surface area contributed by atoms with E-state index in [0.29, 0.717) is 6.54 Å². The summed E-state index contributed by atoms with van der Waals surface area (Å²) in [5.74, 6) is -0.0925. The van der Waals surface area contributed by atoms with Crippen LogP contribution < -0.4 is 4.74 Å².